The SMILES string of the molecule is O=S(=O)(Cl)c1cc(C(F)F)nc(C(F)(F)F)c1. The number of rotatable bonds is 2. The summed E-state index contributed by atoms with van der Waals surface area (Å²) >= 11 is 0. The highest BCUT2D eigenvalue weighted by Gasteiger charge is 2.35. The van der Waals surface area contributed by atoms with Gasteiger partial charge < -0.3 is 0 Å². The Bertz CT molecular complexity index is 528. The molecule has 0 aliphatic rings. The van der Waals surface area contributed by atoms with Crippen molar-refractivity contribution in [3.05, 3.63) is 23.5 Å². The largest absolute Gasteiger partial charge is 0.433 e. The fourth-order valence-corrected chi connectivity index (χ4v) is 1.70. The van der Waals surface area contributed by atoms with Crippen molar-refractivity contribution in [3.63, 3.8) is 0 Å². The third kappa shape index (κ3) is 3.50. The molecule has 0 saturated heterocycles. The molecule has 1 rings (SSSR count). The van der Waals surface area contributed by atoms with E-state index in [2.05, 4.69) is 4.98 Å². The second-order valence-electron chi connectivity index (χ2n) is 2.85. The number of hydrogen-bond acceptors (Lipinski definition) is 3. The summed E-state index contributed by atoms with van der Waals surface area (Å²) in [6.45, 7) is 0. The van der Waals surface area contributed by atoms with Gasteiger partial charge in [-0.3, -0.25) is 0 Å². The van der Waals surface area contributed by atoms with Gasteiger partial charge in [-0.1, -0.05) is 0 Å². The number of alkyl halides is 5. The van der Waals surface area contributed by atoms with Crippen LogP contribution in [0, 0.1) is 0 Å². The first-order chi connectivity index (χ1) is 7.51. The summed E-state index contributed by atoms with van der Waals surface area (Å²) in [5.41, 5.74) is -3.05. The van der Waals surface area contributed by atoms with Gasteiger partial charge in [0.1, 0.15) is 11.4 Å². The van der Waals surface area contributed by atoms with Crippen molar-refractivity contribution in [2.24, 2.45) is 0 Å². The van der Waals surface area contributed by atoms with Crippen molar-refractivity contribution < 1.29 is 30.4 Å². The van der Waals surface area contributed by atoms with Gasteiger partial charge in [-0.25, -0.2) is 22.2 Å². The van der Waals surface area contributed by atoms with Gasteiger partial charge in [-0.2, -0.15) is 13.2 Å². The summed E-state index contributed by atoms with van der Waals surface area (Å²) < 4.78 is 82.9. The highest BCUT2D eigenvalue weighted by Crippen LogP contribution is 2.32. The Morgan fingerprint density at radius 2 is 1.76 bits per heavy atom. The van der Waals surface area contributed by atoms with E-state index in [4.69, 9.17) is 10.7 Å². The minimum atomic E-state index is -5.04. The lowest BCUT2D eigenvalue weighted by Crippen LogP contribution is -2.11. The van der Waals surface area contributed by atoms with Crippen LogP contribution in [0.15, 0.2) is 17.0 Å². The Kier molecular flexibility index (Phi) is 3.63. The number of hydrogen-bond donors (Lipinski definition) is 0. The molecule has 0 saturated carbocycles. The molecule has 0 aliphatic carbocycles. The molecular weight excluding hydrogens is 293 g/mol. The van der Waals surface area contributed by atoms with Gasteiger partial charge in [0, 0.05) is 10.7 Å². The van der Waals surface area contributed by atoms with Crippen LogP contribution in [-0.4, -0.2) is 13.4 Å². The van der Waals surface area contributed by atoms with E-state index in [9.17, 15) is 30.4 Å². The number of halogens is 6. The van der Waals surface area contributed by atoms with Crippen LogP contribution in [0.2, 0.25) is 0 Å². The van der Waals surface area contributed by atoms with Crippen molar-refractivity contribution in [2.45, 2.75) is 17.5 Å². The minimum Gasteiger partial charge on any atom is -0.242 e. The first kappa shape index (κ1) is 14.1. The summed E-state index contributed by atoms with van der Waals surface area (Å²) in [6.07, 6.45) is -8.38. The molecule has 0 amide bonds. The zero-order chi connectivity index (χ0) is 13.4. The van der Waals surface area contributed by atoms with Gasteiger partial charge in [-0.15, -0.1) is 0 Å². The lowest BCUT2D eigenvalue weighted by molar-refractivity contribution is -0.141. The quantitative estimate of drug-likeness (QED) is 0.622. The lowest BCUT2D eigenvalue weighted by Gasteiger charge is -2.09. The highest BCUT2D eigenvalue weighted by molar-refractivity contribution is 8.13. The summed E-state index contributed by atoms with van der Waals surface area (Å²) in [4.78, 5) is 1.55. The molecule has 1 aromatic rings. The van der Waals surface area contributed by atoms with Gasteiger partial charge >= 0.3 is 6.18 Å². The van der Waals surface area contributed by atoms with Gasteiger partial charge in [0.2, 0.25) is 0 Å². The smallest absolute Gasteiger partial charge is 0.242 e. The molecule has 96 valence electrons. The molecule has 17 heavy (non-hydrogen) atoms. The van der Waals surface area contributed by atoms with Crippen LogP contribution in [0.4, 0.5) is 22.0 Å². The fourth-order valence-electron chi connectivity index (χ4n) is 0.924. The lowest BCUT2D eigenvalue weighted by atomic mass is 10.3. The maximum Gasteiger partial charge on any atom is 0.433 e. The minimum absolute atomic E-state index is 0.0915. The highest BCUT2D eigenvalue weighted by atomic mass is 35.7. The summed E-state index contributed by atoms with van der Waals surface area (Å²) in [5, 5.41) is 0. The summed E-state index contributed by atoms with van der Waals surface area (Å²) in [5.74, 6) is 0. The van der Waals surface area contributed by atoms with Gasteiger partial charge in [-0.05, 0) is 12.1 Å². The molecule has 0 aliphatic heterocycles. The van der Waals surface area contributed by atoms with E-state index in [-0.39, 0.29) is 6.07 Å². The average Bonchev–Trinajstić information content (AvgIpc) is 2.14. The van der Waals surface area contributed by atoms with Gasteiger partial charge in [0.05, 0.1) is 4.90 Å². The molecule has 0 fully saturated rings. The Morgan fingerprint density at radius 3 is 2.12 bits per heavy atom. The maximum absolute atomic E-state index is 12.3. The van der Waals surface area contributed by atoms with Crippen molar-refractivity contribution in [2.75, 3.05) is 0 Å². The standard InChI is InChI=1S/C7H3ClF5NO2S/c8-17(15,16)3-1-4(6(9)10)14-5(2-3)7(11,12)13/h1-2,6H. The van der Waals surface area contributed by atoms with Crippen LogP contribution >= 0.6 is 10.7 Å². The Balaban J connectivity index is 3.51. The van der Waals surface area contributed by atoms with Crippen molar-refractivity contribution in [1.29, 1.82) is 0 Å². The second-order valence-corrected chi connectivity index (χ2v) is 5.42. The van der Waals surface area contributed by atoms with E-state index in [1.54, 1.807) is 0 Å². The first-order valence-corrected chi connectivity index (χ1v) is 6.15. The molecule has 0 bridgehead atoms. The van der Waals surface area contributed by atoms with Crippen molar-refractivity contribution in [1.82, 2.24) is 4.98 Å². The number of nitrogens with zero attached hydrogens (tertiary/aromatic N) is 1. The van der Waals surface area contributed by atoms with Gasteiger partial charge in [0.25, 0.3) is 15.5 Å². The normalized spacial score (nSPS) is 13.1. The monoisotopic (exact) mass is 295 g/mol. The third-order valence-electron chi connectivity index (χ3n) is 1.61. The molecule has 0 radical (unpaired) electrons. The molecule has 3 nitrogen and oxygen atoms in total. The molecule has 0 unspecified atom stereocenters. The maximum atomic E-state index is 12.3. The topological polar surface area (TPSA) is 47.0 Å². The molecule has 0 spiro atoms. The van der Waals surface area contributed by atoms with E-state index in [1.807, 2.05) is 0 Å². The predicted octanol–water partition coefficient (Wildman–Crippen LogP) is 2.97. The van der Waals surface area contributed by atoms with E-state index < -0.39 is 37.9 Å². The summed E-state index contributed by atoms with van der Waals surface area (Å²) in [6, 6.07) is 0.385. The van der Waals surface area contributed by atoms with E-state index in [1.165, 1.54) is 0 Å². The molecule has 0 atom stereocenters. The van der Waals surface area contributed by atoms with Crippen molar-refractivity contribution in [3.8, 4) is 0 Å². The Morgan fingerprint density at radius 1 is 1.24 bits per heavy atom. The van der Waals surface area contributed by atoms with E-state index in [0.717, 1.165) is 0 Å². The fraction of sp³-hybridized carbons (Fsp3) is 0.286. The molecule has 1 heterocycles. The van der Waals surface area contributed by atoms with Gasteiger partial charge in [0.15, 0.2) is 0 Å². The predicted molar refractivity (Wildman–Crippen MR) is 47.2 cm³/mol. The van der Waals surface area contributed by atoms with Crippen LogP contribution in [0.1, 0.15) is 17.8 Å². The first-order valence-electron chi connectivity index (χ1n) is 3.84. The third-order valence-corrected chi connectivity index (χ3v) is 2.95. The molecule has 10 heteroatoms. The van der Waals surface area contributed by atoms with Crippen LogP contribution in [0.5, 0.6) is 0 Å². The molecule has 0 aromatic carbocycles. The zero-order valence-corrected chi connectivity index (χ0v) is 9.24. The van der Waals surface area contributed by atoms with Crippen LogP contribution < -0.4 is 0 Å². The van der Waals surface area contributed by atoms with E-state index in [0.29, 0.717) is 6.07 Å². The van der Waals surface area contributed by atoms with Crippen LogP contribution in [0.25, 0.3) is 0 Å². The van der Waals surface area contributed by atoms with Crippen molar-refractivity contribution >= 4 is 19.7 Å². The molecular formula is C7H3ClF5NO2S. The number of aromatic nitrogens is 1. The van der Waals surface area contributed by atoms with E-state index >= 15 is 0 Å². The Labute approximate surface area is 96.6 Å². The van der Waals surface area contributed by atoms with Crippen LogP contribution in [-0.2, 0) is 15.2 Å². The molecule has 1 aromatic heterocycles. The number of pyridine rings is 1. The zero-order valence-electron chi connectivity index (χ0n) is 7.67. The molecule has 0 N–H and O–H groups in total. The second kappa shape index (κ2) is 4.37. The Hall–Kier alpha value is -0.960. The average molecular weight is 296 g/mol. The summed E-state index contributed by atoms with van der Waals surface area (Å²) in [7, 11) is 0.247. The van der Waals surface area contributed by atoms with Crippen LogP contribution in [0.3, 0.4) is 0 Å².